The molecule has 1 N–H and O–H groups in total. The van der Waals surface area contributed by atoms with Crippen LogP contribution < -0.4 is 10.2 Å². The largest absolute Gasteiger partial charge is 0.423 e. The van der Waals surface area contributed by atoms with Gasteiger partial charge in [0.2, 0.25) is 0 Å². The van der Waals surface area contributed by atoms with Crippen molar-refractivity contribution >= 4 is 41.1 Å². The highest BCUT2D eigenvalue weighted by Crippen LogP contribution is 2.24. The molecule has 130 valence electrons. The average molecular weight is 385 g/mol. The number of carbonyl (C=O) groups is 1. The first-order valence-corrected chi connectivity index (χ1v) is 8.49. The van der Waals surface area contributed by atoms with E-state index in [4.69, 9.17) is 27.9 Å². The Morgan fingerprint density at radius 1 is 0.923 bits per heavy atom. The van der Waals surface area contributed by atoms with Gasteiger partial charge in [0.05, 0.1) is 27.5 Å². The fourth-order valence-corrected chi connectivity index (χ4v) is 2.41. The molecule has 4 nitrogen and oxygen atoms in total. The van der Waals surface area contributed by atoms with Gasteiger partial charge in [0.1, 0.15) is 5.75 Å². The maximum absolute atomic E-state index is 12.0. The molecule has 0 aliphatic rings. The van der Waals surface area contributed by atoms with Gasteiger partial charge >= 0.3 is 5.97 Å². The van der Waals surface area contributed by atoms with E-state index in [1.165, 1.54) is 0 Å². The predicted octanol–water partition coefficient (Wildman–Crippen LogP) is 5.66. The molecular formula is C20H14Cl2N2O2. The molecule has 3 aromatic rings. The SMILES string of the molecule is O=C(Oc1ccc(C=NNc2ccc(Cl)c(Cl)c2)cc1)c1ccccc1. The predicted molar refractivity (Wildman–Crippen MR) is 106 cm³/mol. The van der Waals surface area contributed by atoms with Crippen LogP contribution in [0.25, 0.3) is 0 Å². The smallest absolute Gasteiger partial charge is 0.343 e. The molecule has 0 aliphatic carbocycles. The van der Waals surface area contributed by atoms with E-state index in [0.29, 0.717) is 21.4 Å². The van der Waals surface area contributed by atoms with Crippen molar-refractivity contribution in [1.29, 1.82) is 0 Å². The zero-order valence-electron chi connectivity index (χ0n) is 13.5. The van der Waals surface area contributed by atoms with Crippen LogP contribution in [0.5, 0.6) is 5.75 Å². The molecule has 0 spiro atoms. The molecular weight excluding hydrogens is 371 g/mol. The van der Waals surface area contributed by atoms with Crippen molar-refractivity contribution in [3.63, 3.8) is 0 Å². The van der Waals surface area contributed by atoms with Crippen molar-refractivity contribution in [2.45, 2.75) is 0 Å². The van der Waals surface area contributed by atoms with Crippen molar-refractivity contribution in [3.05, 3.63) is 94.0 Å². The van der Waals surface area contributed by atoms with Crippen molar-refractivity contribution in [2.24, 2.45) is 5.10 Å². The van der Waals surface area contributed by atoms with Crippen molar-refractivity contribution in [3.8, 4) is 5.75 Å². The lowest BCUT2D eigenvalue weighted by Crippen LogP contribution is -2.08. The standard InChI is InChI=1S/C20H14Cl2N2O2/c21-18-11-8-16(12-19(18)22)24-23-13-14-6-9-17(10-7-14)26-20(25)15-4-2-1-3-5-15/h1-13,24H. The number of benzene rings is 3. The summed E-state index contributed by atoms with van der Waals surface area (Å²) in [5, 5.41) is 5.08. The van der Waals surface area contributed by atoms with Crippen molar-refractivity contribution in [1.82, 2.24) is 0 Å². The molecule has 0 saturated heterocycles. The minimum atomic E-state index is -0.395. The number of nitrogens with one attached hydrogen (secondary N) is 1. The Labute approximate surface area is 161 Å². The number of carbonyl (C=O) groups excluding carboxylic acids is 1. The van der Waals surface area contributed by atoms with Gasteiger partial charge in [-0.1, -0.05) is 41.4 Å². The highest BCUT2D eigenvalue weighted by Gasteiger charge is 2.07. The second kappa shape index (κ2) is 8.52. The molecule has 0 heterocycles. The van der Waals surface area contributed by atoms with Crippen LogP contribution in [0, 0.1) is 0 Å². The molecule has 26 heavy (non-hydrogen) atoms. The lowest BCUT2D eigenvalue weighted by molar-refractivity contribution is 0.0735. The average Bonchev–Trinajstić information content (AvgIpc) is 2.67. The topological polar surface area (TPSA) is 50.7 Å². The lowest BCUT2D eigenvalue weighted by Gasteiger charge is -2.04. The Morgan fingerprint density at radius 3 is 2.35 bits per heavy atom. The molecule has 0 atom stereocenters. The van der Waals surface area contributed by atoms with Gasteiger partial charge in [-0.2, -0.15) is 5.10 Å². The highest BCUT2D eigenvalue weighted by molar-refractivity contribution is 6.42. The van der Waals surface area contributed by atoms with E-state index in [9.17, 15) is 4.79 Å². The van der Waals surface area contributed by atoms with E-state index in [1.807, 2.05) is 6.07 Å². The van der Waals surface area contributed by atoms with E-state index in [1.54, 1.807) is 72.9 Å². The summed E-state index contributed by atoms with van der Waals surface area (Å²) in [5.41, 5.74) is 4.94. The highest BCUT2D eigenvalue weighted by atomic mass is 35.5. The number of hydrogen-bond donors (Lipinski definition) is 1. The third-order valence-corrected chi connectivity index (χ3v) is 4.17. The van der Waals surface area contributed by atoms with Crippen LogP contribution >= 0.6 is 23.2 Å². The van der Waals surface area contributed by atoms with E-state index in [2.05, 4.69) is 10.5 Å². The quantitative estimate of drug-likeness (QED) is 0.267. The van der Waals surface area contributed by atoms with Crippen molar-refractivity contribution < 1.29 is 9.53 Å². The Balaban J connectivity index is 1.58. The molecule has 0 fully saturated rings. The fraction of sp³-hybridized carbons (Fsp3) is 0. The van der Waals surface area contributed by atoms with Gasteiger partial charge in [-0.3, -0.25) is 5.43 Å². The first-order chi connectivity index (χ1) is 12.6. The van der Waals surface area contributed by atoms with Crippen molar-refractivity contribution in [2.75, 3.05) is 5.43 Å². The maximum Gasteiger partial charge on any atom is 0.343 e. The minimum absolute atomic E-state index is 0.395. The van der Waals surface area contributed by atoms with E-state index in [-0.39, 0.29) is 0 Å². The van der Waals surface area contributed by atoms with Crippen LogP contribution in [0.2, 0.25) is 10.0 Å². The number of hydrogen-bond acceptors (Lipinski definition) is 4. The normalized spacial score (nSPS) is 10.7. The summed E-state index contributed by atoms with van der Waals surface area (Å²) in [6.07, 6.45) is 1.64. The molecule has 0 unspecified atom stereocenters. The monoisotopic (exact) mass is 384 g/mol. The first-order valence-electron chi connectivity index (χ1n) is 7.73. The Morgan fingerprint density at radius 2 is 1.65 bits per heavy atom. The minimum Gasteiger partial charge on any atom is -0.423 e. The van der Waals surface area contributed by atoms with E-state index in [0.717, 1.165) is 11.3 Å². The summed E-state index contributed by atoms with van der Waals surface area (Å²) < 4.78 is 5.33. The molecule has 0 saturated carbocycles. The number of hydrazone groups is 1. The maximum atomic E-state index is 12.0. The van der Waals surface area contributed by atoms with Crippen LogP contribution in [0.4, 0.5) is 5.69 Å². The second-order valence-electron chi connectivity index (χ2n) is 5.32. The van der Waals surface area contributed by atoms with Crippen LogP contribution in [0.1, 0.15) is 15.9 Å². The summed E-state index contributed by atoms with van der Waals surface area (Å²) in [6.45, 7) is 0. The number of rotatable bonds is 5. The van der Waals surface area contributed by atoms with Gasteiger partial charge in [-0.25, -0.2) is 4.79 Å². The van der Waals surface area contributed by atoms with Gasteiger partial charge in [-0.15, -0.1) is 0 Å². The Bertz CT molecular complexity index is 926. The zero-order chi connectivity index (χ0) is 18.4. The molecule has 3 rings (SSSR count). The van der Waals surface area contributed by atoms with Crippen LogP contribution in [0.3, 0.4) is 0 Å². The molecule has 0 radical (unpaired) electrons. The number of ether oxygens (including phenoxy) is 1. The number of nitrogens with zero attached hydrogens (tertiary/aromatic N) is 1. The van der Waals surface area contributed by atoms with Crippen LogP contribution in [-0.4, -0.2) is 12.2 Å². The fourth-order valence-electron chi connectivity index (χ4n) is 2.11. The third kappa shape index (κ3) is 4.85. The molecule has 0 amide bonds. The number of halogens is 2. The van der Waals surface area contributed by atoms with Gasteiger partial charge in [0, 0.05) is 0 Å². The Hall–Kier alpha value is -2.82. The van der Waals surface area contributed by atoms with Gasteiger partial charge < -0.3 is 4.74 Å². The summed E-state index contributed by atoms with van der Waals surface area (Å²) in [7, 11) is 0. The van der Waals surface area contributed by atoms with Crippen LogP contribution in [-0.2, 0) is 0 Å². The zero-order valence-corrected chi connectivity index (χ0v) is 15.0. The van der Waals surface area contributed by atoms with E-state index < -0.39 is 5.97 Å². The summed E-state index contributed by atoms with van der Waals surface area (Å²) in [4.78, 5) is 12.0. The second-order valence-corrected chi connectivity index (χ2v) is 6.14. The molecule has 0 bridgehead atoms. The molecule has 6 heteroatoms. The first kappa shape index (κ1) is 18.0. The van der Waals surface area contributed by atoms with Gasteiger partial charge in [-0.05, 0) is 60.2 Å². The summed E-state index contributed by atoms with van der Waals surface area (Å²) in [5.74, 6) is 0.0711. The number of anilines is 1. The molecule has 0 aromatic heterocycles. The number of esters is 1. The summed E-state index contributed by atoms with van der Waals surface area (Å²) in [6, 6.07) is 21.0. The lowest BCUT2D eigenvalue weighted by atomic mass is 10.2. The Kier molecular flexibility index (Phi) is 5.89. The molecule has 0 aliphatic heterocycles. The third-order valence-electron chi connectivity index (χ3n) is 3.43. The summed E-state index contributed by atoms with van der Waals surface area (Å²) >= 11 is 11.8. The van der Waals surface area contributed by atoms with Gasteiger partial charge in [0.25, 0.3) is 0 Å². The van der Waals surface area contributed by atoms with E-state index >= 15 is 0 Å². The van der Waals surface area contributed by atoms with Gasteiger partial charge in [0.15, 0.2) is 0 Å². The van der Waals surface area contributed by atoms with Crippen LogP contribution in [0.15, 0.2) is 77.9 Å². The molecule has 3 aromatic carbocycles.